The van der Waals surface area contributed by atoms with Gasteiger partial charge in [0.2, 0.25) is 0 Å². The van der Waals surface area contributed by atoms with Crippen molar-refractivity contribution in [1.82, 2.24) is 9.97 Å². The number of aromatic nitrogens is 2. The van der Waals surface area contributed by atoms with E-state index < -0.39 is 0 Å². The Kier molecular flexibility index (Phi) is 3.60. The molecule has 0 saturated heterocycles. The molecular formula is C15H18N2O. The Bertz CT molecular complexity index is 512. The SMILES string of the molecule is CCC(CC)(c1ccccc1)c1ncc(C=O)[nH]1. The molecule has 2 rings (SSSR count). The molecule has 0 atom stereocenters. The molecule has 0 aliphatic carbocycles. The van der Waals surface area contributed by atoms with Gasteiger partial charge in [-0.25, -0.2) is 4.98 Å². The van der Waals surface area contributed by atoms with Crippen LogP contribution in [0.25, 0.3) is 0 Å². The molecule has 0 amide bonds. The van der Waals surface area contributed by atoms with Crippen LogP contribution in [-0.4, -0.2) is 16.3 Å². The maximum Gasteiger partial charge on any atom is 0.167 e. The molecule has 94 valence electrons. The van der Waals surface area contributed by atoms with Crippen molar-refractivity contribution in [2.75, 3.05) is 0 Å². The number of rotatable bonds is 5. The summed E-state index contributed by atoms with van der Waals surface area (Å²) >= 11 is 0. The number of carbonyl (C=O) groups excluding carboxylic acids is 1. The third-order valence-corrected chi connectivity index (χ3v) is 3.71. The smallest absolute Gasteiger partial charge is 0.167 e. The first-order valence-corrected chi connectivity index (χ1v) is 6.33. The largest absolute Gasteiger partial charge is 0.339 e. The van der Waals surface area contributed by atoms with Gasteiger partial charge in [0.05, 0.1) is 17.3 Å². The highest BCUT2D eigenvalue weighted by Crippen LogP contribution is 2.36. The highest BCUT2D eigenvalue weighted by atomic mass is 16.1. The highest BCUT2D eigenvalue weighted by molar-refractivity contribution is 5.71. The van der Waals surface area contributed by atoms with Crippen LogP contribution in [0.4, 0.5) is 0 Å². The van der Waals surface area contributed by atoms with E-state index in [1.54, 1.807) is 6.20 Å². The van der Waals surface area contributed by atoms with Gasteiger partial charge in [0, 0.05) is 0 Å². The van der Waals surface area contributed by atoms with Crippen molar-refractivity contribution >= 4 is 6.29 Å². The van der Waals surface area contributed by atoms with Gasteiger partial charge in [-0.3, -0.25) is 4.79 Å². The molecule has 0 fully saturated rings. The van der Waals surface area contributed by atoms with E-state index >= 15 is 0 Å². The summed E-state index contributed by atoms with van der Waals surface area (Å²) in [6, 6.07) is 10.3. The Morgan fingerprint density at radius 2 is 1.89 bits per heavy atom. The van der Waals surface area contributed by atoms with Gasteiger partial charge in [0.15, 0.2) is 6.29 Å². The Morgan fingerprint density at radius 1 is 1.22 bits per heavy atom. The van der Waals surface area contributed by atoms with Crippen molar-refractivity contribution in [3.63, 3.8) is 0 Å². The molecule has 0 spiro atoms. The average Bonchev–Trinajstić information content (AvgIpc) is 2.91. The molecule has 0 aliphatic rings. The van der Waals surface area contributed by atoms with Crippen LogP contribution in [0.2, 0.25) is 0 Å². The molecular weight excluding hydrogens is 224 g/mol. The number of imidazole rings is 1. The predicted molar refractivity (Wildman–Crippen MR) is 71.8 cm³/mol. The minimum absolute atomic E-state index is 0.136. The fraction of sp³-hybridized carbons (Fsp3) is 0.333. The number of nitrogens with zero attached hydrogens (tertiary/aromatic N) is 1. The molecule has 0 bridgehead atoms. The number of aldehydes is 1. The Morgan fingerprint density at radius 3 is 2.39 bits per heavy atom. The van der Waals surface area contributed by atoms with Crippen LogP contribution in [0.1, 0.15) is 48.6 Å². The van der Waals surface area contributed by atoms with Gasteiger partial charge in [-0.1, -0.05) is 44.2 Å². The number of H-pyrrole nitrogens is 1. The predicted octanol–water partition coefficient (Wildman–Crippen LogP) is 3.33. The Balaban J connectivity index is 2.53. The van der Waals surface area contributed by atoms with Crippen LogP contribution >= 0.6 is 0 Å². The van der Waals surface area contributed by atoms with Gasteiger partial charge in [-0.05, 0) is 18.4 Å². The maximum atomic E-state index is 10.8. The molecule has 0 aliphatic heterocycles. The van der Waals surface area contributed by atoms with Crippen LogP contribution in [-0.2, 0) is 5.41 Å². The van der Waals surface area contributed by atoms with Crippen LogP contribution in [0, 0.1) is 0 Å². The van der Waals surface area contributed by atoms with E-state index in [9.17, 15) is 4.79 Å². The van der Waals surface area contributed by atoms with E-state index in [0.717, 1.165) is 25.0 Å². The average molecular weight is 242 g/mol. The van der Waals surface area contributed by atoms with Gasteiger partial charge in [-0.2, -0.15) is 0 Å². The van der Waals surface area contributed by atoms with Crippen LogP contribution in [0.15, 0.2) is 36.5 Å². The molecule has 1 aromatic heterocycles. The number of hydrogen-bond acceptors (Lipinski definition) is 2. The molecule has 3 nitrogen and oxygen atoms in total. The molecule has 2 aromatic rings. The van der Waals surface area contributed by atoms with Crippen molar-refractivity contribution in [3.8, 4) is 0 Å². The van der Waals surface area contributed by atoms with Crippen LogP contribution in [0.5, 0.6) is 0 Å². The minimum atomic E-state index is -0.136. The van der Waals surface area contributed by atoms with Gasteiger partial charge in [-0.15, -0.1) is 0 Å². The number of hydrogen-bond donors (Lipinski definition) is 1. The molecule has 0 radical (unpaired) electrons. The molecule has 1 aromatic carbocycles. The normalized spacial score (nSPS) is 11.4. The first-order valence-electron chi connectivity index (χ1n) is 6.33. The zero-order valence-corrected chi connectivity index (χ0v) is 10.8. The maximum absolute atomic E-state index is 10.8. The van der Waals surface area contributed by atoms with Crippen molar-refractivity contribution in [1.29, 1.82) is 0 Å². The van der Waals surface area contributed by atoms with Crippen molar-refractivity contribution in [2.45, 2.75) is 32.1 Å². The third-order valence-electron chi connectivity index (χ3n) is 3.71. The summed E-state index contributed by atoms with van der Waals surface area (Å²) in [7, 11) is 0. The molecule has 0 saturated carbocycles. The van der Waals surface area contributed by atoms with Gasteiger partial charge < -0.3 is 4.98 Å². The monoisotopic (exact) mass is 242 g/mol. The summed E-state index contributed by atoms with van der Waals surface area (Å²) in [5.41, 5.74) is 1.64. The van der Waals surface area contributed by atoms with E-state index in [-0.39, 0.29) is 5.41 Å². The highest BCUT2D eigenvalue weighted by Gasteiger charge is 2.33. The Labute approximate surface area is 107 Å². The Hall–Kier alpha value is -1.90. The standard InChI is InChI=1S/C15H18N2O/c1-3-15(4-2,12-8-6-5-7-9-12)14-16-10-13(11-18)17-14/h5-11H,3-4H2,1-2H3,(H,16,17). The van der Waals surface area contributed by atoms with Gasteiger partial charge in [0.25, 0.3) is 0 Å². The second-order valence-corrected chi connectivity index (χ2v) is 4.46. The summed E-state index contributed by atoms with van der Waals surface area (Å²) in [5.74, 6) is 0.876. The van der Waals surface area contributed by atoms with E-state index in [1.807, 2.05) is 18.2 Å². The summed E-state index contributed by atoms with van der Waals surface area (Å²) in [4.78, 5) is 18.3. The fourth-order valence-corrected chi connectivity index (χ4v) is 2.53. The topological polar surface area (TPSA) is 45.8 Å². The quantitative estimate of drug-likeness (QED) is 0.817. The number of aromatic amines is 1. The van der Waals surface area contributed by atoms with Crippen LogP contribution < -0.4 is 0 Å². The molecule has 1 N–H and O–H groups in total. The fourth-order valence-electron chi connectivity index (χ4n) is 2.53. The van der Waals surface area contributed by atoms with Crippen molar-refractivity contribution < 1.29 is 4.79 Å². The van der Waals surface area contributed by atoms with E-state index in [4.69, 9.17) is 0 Å². The zero-order chi connectivity index (χ0) is 13.0. The molecule has 0 unspecified atom stereocenters. The van der Waals surface area contributed by atoms with Crippen molar-refractivity contribution in [3.05, 3.63) is 53.6 Å². The van der Waals surface area contributed by atoms with E-state index in [2.05, 4.69) is 35.9 Å². The second-order valence-electron chi connectivity index (χ2n) is 4.46. The number of carbonyl (C=O) groups is 1. The first kappa shape index (κ1) is 12.6. The summed E-state index contributed by atoms with van der Waals surface area (Å²) in [6.07, 6.45) is 4.29. The lowest BCUT2D eigenvalue weighted by Crippen LogP contribution is -2.27. The lowest BCUT2D eigenvalue weighted by Gasteiger charge is -2.30. The summed E-state index contributed by atoms with van der Waals surface area (Å²) < 4.78 is 0. The molecule has 18 heavy (non-hydrogen) atoms. The van der Waals surface area contributed by atoms with Crippen molar-refractivity contribution in [2.24, 2.45) is 0 Å². The third kappa shape index (κ3) is 1.96. The van der Waals surface area contributed by atoms with E-state index in [1.165, 1.54) is 5.56 Å². The van der Waals surface area contributed by atoms with E-state index in [0.29, 0.717) is 5.69 Å². The summed E-state index contributed by atoms with van der Waals surface area (Å²) in [6.45, 7) is 4.30. The lowest BCUT2D eigenvalue weighted by atomic mass is 9.75. The lowest BCUT2D eigenvalue weighted by molar-refractivity contribution is 0.111. The first-order chi connectivity index (χ1) is 8.76. The zero-order valence-electron chi connectivity index (χ0n) is 10.8. The number of nitrogens with one attached hydrogen (secondary N) is 1. The minimum Gasteiger partial charge on any atom is -0.339 e. The second kappa shape index (κ2) is 5.17. The number of benzene rings is 1. The summed E-state index contributed by atoms with van der Waals surface area (Å²) in [5, 5.41) is 0. The van der Waals surface area contributed by atoms with Gasteiger partial charge >= 0.3 is 0 Å². The van der Waals surface area contributed by atoms with Crippen LogP contribution in [0.3, 0.4) is 0 Å². The molecule has 3 heteroatoms. The van der Waals surface area contributed by atoms with Gasteiger partial charge in [0.1, 0.15) is 5.82 Å². The molecule has 1 heterocycles.